The SMILES string of the molecule is CCCCCCCNC(=O)Oc1ccc2c(c1)C1(C)CCN(C)C1N2C.O=C(O)C(O)C(O)C(=O)O. The highest BCUT2D eigenvalue weighted by Crippen LogP contribution is 2.51. The van der Waals surface area contributed by atoms with E-state index in [4.69, 9.17) is 25.2 Å². The lowest BCUT2D eigenvalue weighted by atomic mass is 9.81. The first-order valence-electron chi connectivity index (χ1n) is 12.3. The van der Waals surface area contributed by atoms with E-state index >= 15 is 0 Å². The van der Waals surface area contributed by atoms with Crippen LogP contribution in [0.4, 0.5) is 10.5 Å². The van der Waals surface area contributed by atoms with Crippen LogP contribution in [-0.2, 0) is 15.0 Å². The fraction of sp³-hybridized carbons (Fsp3) is 0.640. The number of rotatable bonds is 10. The molecule has 4 atom stereocenters. The van der Waals surface area contributed by atoms with Gasteiger partial charge < -0.3 is 35.4 Å². The molecule has 0 bridgehead atoms. The zero-order chi connectivity index (χ0) is 27.0. The molecule has 1 saturated heterocycles. The van der Waals surface area contributed by atoms with Crippen LogP contribution >= 0.6 is 0 Å². The van der Waals surface area contributed by atoms with Gasteiger partial charge in [0.05, 0.1) is 6.17 Å². The van der Waals surface area contributed by atoms with Gasteiger partial charge in [-0.15, -0.1) is 0 Å². The molecule has 0 saturated carbocycles. The molecule has 2 heterocycles. The smallest absolute Gasteiger partial charge is 0.412 e. The molecule has 1 fully saturated rings. The molecule has 11 heteroatoms. The minimum absolute atomic E-state index is 0.0912. The Morgan fingerprint density at radius 2 is 1.69 bits per heavy atom. The van der Waals surface area contributed by atoms with E-state index in [0.717, 1.165) is 25.8 Å². The number of likely N-dealkylation sites (tertiary alicyclic amines) is 1. The van der Waals surface area contributed by atoms with Crippen molar-refractivity contribution in [2.24, 2.45) is 0 Å². The molecule has 0 aliphatic carbocycles. The number of carboxylic acids is 2. The lowest BCUT2D eigenvalue weighted by molar-refractivity contribution is -0.165. The van der Waals surface area contributed by atoms with E-state index in [-0.39, 0.29) is 11.5 Å². The predicted molar refractivity (Wildman–Crippen MR) is 133 cm³/mol. The van der Waals surface area contributed by atoms with Gasteiger partial charge in [0, 0.05) is 31.2 Å². The maximum Gasteiger partial charge on any atom is 0.412 e. The molecule has 5 N–H and O–H groups in total. The zero-order valence-electron chi connectivity index (χ0n) is 21.4. The Morgan fingerprint density at radius 3 is 2.28 bits per heavy atom. The van der Waals surface area contributed by atoms with Gasteiger partial charge >= 0.3 is 18.0 Å². The fourth-order valence-electron chi connectivity index (χ4n) is 4.95. The molecule has 2 aliphatic rings. The van der Waals surface area contributed by atoms with Gasteiger partial charge in [-0.1, -0.05) is 39.5 Å². The highest BCUT2D eigenvalue weighted by molar-refractivity contribution is 5.83. The van der Waals surface area contributed by atoms with Crippen molar-refractivity contribution in [2.45, 2.75) is 76.2 Å². The Bertz CT molecular complexity index is 909. The van der Waals surface area contributed by atoms with Gasteiger partial charge in [0.2, 0.25) is 0 Å². The molecule has 36 heavy (non-hydrogen) atoms. The van der Waals surface area contributed by atoms with E-state index in [1.165, 1.54) is 30.5 Å². The van der Waals surface area contributed by atoms with Crippen LogP contribution in [0.2, 0.25) is 0 Å². The van der Waals surface area contributed by atoms with Crippen molar-refractivity contribution in [1.29, 1.82) is 0 Å². The van der Waals surface area contributed by atoms with Crippen molar-refractivity contribution in [3.05, 3.63) is 23.8 Å². The molecule has 1 aromatic rings. The third kappa shape index (κ3) is 6.86. The number of unbranched alkanes of at least 4 members (excludes halogenated alkanes) is 4. The number of hydrogen-bond acceptors (Lipinski definition) is 8. The average Bonchev–Trinajstić information content (AvgIpc) is 3.25. The molecule has 4 unspecified atom stereocenters. The fourth-order valence-corrected chi connectivity index (χ4v) is 4.95. The highest BCUT2D eigenvalue weighted by Gasteiger charge is 2.52. The van der Waals surface area contributed by atoms with Crippen molar-refractivity contribution < 1.29 is 39.5 Å². The summed E-state index contributed by atoms with van der Waals surface area (Å²) in [5.74, 6) is -2.90. The van der Waals surface area contributed by atoms with Crippen LogP contribution in [-0.4, -0.2) is 88.9 Å². The van der Waals surface area contributed by atoms with Crippen LogP contribution < -0.4 is 15.0 Å². The van der Waals surface area contributed by atoms with Crippen molar-refractivity contribution in [2.75, 3.05) is 32.1 Å². The summed E-state index contributed by atoms with van der Waals surface area (Å²) < 4.78 is 5.54. The number of nitrogens with zero attached hydrogens (tertiary/aromatic N) is 2. The number of nitrogens with one attached hydrogen (secondary N) is 1. The predicted octanol–water partition coefficient (Wildman–Crippen LogP) is 1.99. The lowest BCUT2D eigenvalue weighted by Crippen LogP contribution is -2.45. The second-order valence-electron chi connectivity index (χ2n) is 9.61. The summed E-state index contributed by atoms with van der Waals surface area (Å²) in [5.41, 5.74) is 2.63. The number of benzene rings is 1. The molecule has 0 spiro atoms. The summed E-state index contributed by atoms with van der Waals surface area (Å²) in [7, 11) is 4.34. The minimum atomic E-state index is -2.27. The summed E-state index contributed by atoms with van der Waals surface area (Å²) in [6, 6.07) is 6.05. The number of fused-ring (bicyclic) bond motifs is 3. The van der Waals surface area contributed by atoms with E-state index in [1.54, 1.807) is 0 Å². The van der Waals surface area contributed by atoms with Crippen LogP contribution in [0.5, 0.6) is 5.75 Å². The Morgan fingerprint density at radius 1 is 1.08 bits per heavy atom. The standard InChI is InChI=1S/C21H33N3O2.C4H6O6/c1-5-6-7-8-9-13-22-20(25)26-16-10-11-18-17(15-16)21(2)12-14-23(3)19(21)24(18)4;5-1(3(7)8)2(6)4(9)10/h10-11,15,19H,5-9,12-14H2,1-4H3,(H,22,25);1-2,5-6H,(H,7,8)(H,9,10). The van der Waals surface area contributed by atoms with E-state index in [9.17, 15) is 14.4 Å². The number of aliphatic hydroxyl groups is 2. The third-order valence-electron chi connectivity index (χ3n) is 6.87. The van der Waals surface area contributed by atoms with Gasteiger partial charge in [0.1, 0.15) is 5.75 Å². The van der Waals surface area contributed by atoms with Crippen LogP contribution in [0.25, 0.3) is 0 Å². The summed E-state index contributed by atoms with van der Waals surface area (Å²) in [4.78, 5) is 36.4. The lowest BCUT2D eigenvalue weighted by Gasteiger charge is -2.32. The minimum Gasteiger partial charge on any atom is -0.479 e. The summed E-state index contributed by atoms with van der Waals surface area (Å²) in [6.07, 6.45) is 2.53. The molecule has 0 aromatic heterocycles. The molecule has 3 rings (SSSR count). The van der Waals surface area contributed by atoms with Crippen LogP contribution in [0.15, 0.2) is 18.2 Å². The van der Waals surface area contributed by atoms with Crippen molar-refractivity contribution in [1.82, 2.24) is 10.2 Å². The topological polar surface area (TPSA) is 160 Å². The van der Waals surface area contributed by atoms with E-state index < -0.39 is 24.1 Å². The molecule has 0 radical (unpaired) electrons. The number of likely N-dealkylation sites (N-methyl/N-ethyl adjacent to an activating group) is 2. The van der Waals surface area contributed by atoms with E-state index in [2.05, 4.69) is 55.2 Å². The molecule has 11 nitrogen and oxygen atoms in total. The van der Waals surface area contributed by atoms with Crippen molar-refractivity contribution >= 4 is 23.7 Å². The van der Waals surface area contributed by atoms with Crippen LogP contribution in [0.3, 0.4) is 0 Å². The number of ether oxygens (including phenoxy) is 1. The summed E-state index contributed by atoms with van der Waals surface area (Å²) >= 11 is 0. The first-order valence-corrected chi connectivity index (χ1v) is 12.3. The monoisotopic (exact) mass is 509 g/mol. The molecule has 202 valence electrons. The van der Waals surface area contributed by atoms with Gasteiger partial charge in [0.25, 0.3) is 0 Å². The molecule has 1 aromatic carbocycles. The molecule has 2 aliphatic heterocycles. The maximum atomic E-state index is 12.1. The summed E-state index contributed by atoms with van der Waals surface area (Å²) in [5, 5.41) is 35.4. The summed E-state index contributed by atoms with van der Waals surface area (Å²) in [6.45, 7) is 6.30. The number of aliphatic carboxylic acids is 2. The van der Waals surface area contributed by atoms with Crippen LogP contribution in [0.1, 0.15) is 57.9 Å². The maximum absolute atomic E-state index is 12.1. The van der Waals surface area contributed by atoms with Gasteiger partial charge in [-0.25, -0.2) is 14.4 Å². The highest BCUT2D eigenvalue weighted by atomic mass is 16.6. The first kappa shape index (κ1) is 29.3. The van der Waals surface area contributed by atoms with Gasteiger partial charge in [-0.3, -0.25) is 4.90 Å². The Kier molecular flexibility index (Phi) is 10.5. The van der Waals surface area contributed by atoms with E-state index in [1.807, 2.05) is 6.07 Å². The number of amides is 1. The molecular formula is C25H39N3O8. The Balaban J connectivity index is 0.000000388. The van der Waals surface area contributed by atoms with Gasteiger partial charge in [0.15, 0.2) is 12.2 Å². The average molecular weight is 510 g/mol. The van der Waals surface area contributed by atoms with Crippen molar-refractivity contribution in [3.8, 4) is 5.75 Å². The Hall–Kier alpha value is -2.89. The zero-order valence-corrected chi connectivity index (χ0v) is 21.4. The van der Waals surface area contributed by atoms with Gasteiger partial charge in [-0.05, 0) is 43.7 Å². The second-order valence-corrected chi connectivity index (χ2v) is 9.61. The Labute approximate surface area is 211 Å². The number of carbonyl (C=O) groups excluding carboxylic acids is 1. The first-order chi connectivity index (χ1) is 16.9. The largest absolute Gasteiger partial charge is 0.479 e. The number of carboxylic acid groups (broad SMARTS) is 2. The second kappa shape index (κ2) is 12.9. The number of hydrogen-bond donors (Lipinski definition) is 5. The molecular weight excluding hydrogens is 470 g/mol. The third-order valence-corrected chi connectivity index (χ3v) is 6.87. The van der Waals surface area contributed by atoms with E-state index in [0.29, 0.717) is 18.5 Å². The van der Waals surface area contributed by atoms with Crippen LogP contribution in [0, 0.1) is 0 Å². The number of carbonyl (C=O) groups is 3. The molecule has 1 amide bonds. The van der Waals surface area contributed by atoms with Crippen molar-refractivity contribution in [3.63, 3.8) is 0 Å². The quantitative estimate of drug-likeness (QED) is 0.295. The normalized spacial score (nSPS) is 22.1. The van der Waals surface area contributed by atoms with Gasteiger partial charge in [-0.2, -0.15) is 0 Å². The number of anilines is 1. The number of aliphatic hydroxyl groups excluding tert-OH is 2.